The molecule has 0 radical (unpaired) electrons. The second-order valence-electron chi connectivity index (χ2n) is 4.28. The molecule has 20 heavy (non-hydrogen) atoms. The van der Waals surface area contributed by atoms with Gasteiger partial charge in [0.1, 0.15) is 0 Å². The van der Waals surface area contributed by atoms with Crippen LogP contribution in [-0.2, 0) is 13.0 Å². The number of rotatable bonds is 7. The van der Waals surface area contributed by atoms with Gasteiger partial charge in [-0.3, -0.25) is 0 Å². The topological polar surface area (TPSA) is 69.4 Å². The van der Waals surface area contributed by atoms with Crippen LogP contribution in [0, 0.1) is 0 Å². The van der Waals surface area contributed by atoms with E-state index in [4.69, 9.17) is 15.2 Å². The number of hydrogen-bond acceptors (Lipinski definition) is 6. The predicted octanol–water partition coefficient (Wildman–Crippen LogP) is 2.07. The molecule has 1 aromatic carbocycles. The zero-order valence-electron chi connectivity index (χ0n) is 11.7. The van der Waals surface area contributed by atoms with Gasteiger partial charge < -0.3 is 20.5 Å². The van der Waals surface area contributed by atoms with E-state index >= 15 is 0 Å². The van der Waals surface area contributed by atoms with E-state index in [0.717, 1.165) is 35.9 Å². The number of benzene rings is 1. The molecule has 0 fully saturated rings. The normalized spacial score (nSPS) is 10.5. The van der Waals surface area contributed by atoms with Gasteiger partial charge in [-0.2, -0.15) is 0 Å². The van der Waals surface area contributed by atoms with Gasteiger partial charge in [-0.1, -0.05) is 6.07 Å². The quantitative estimate of drug-likeness (QED) is 0.765. The molecule has 2 aromatic rings. The average Bonchev–Trinajstić information content (AvgIpc) is 2.89. The van der Waals surface area contributed by atoms with Crippen LogP contribution in [0.3, 0.4) is 0 Å². The van der Waals surface area contributed by atoms with Crippen LogP contribution in [-0.4, -0.2) is 25.7 Å². The molecule has 0 saturated heterocycles. The van der Waals surface area contributed by atoms with E-state index in [1.807, 2.05) is 24.4 Å². The summed E-state index contributed by atoms with van der Waals surface area (Å²) in [5, 5.41) is 3.99. The van der Waals surface area contributed by atoms with Crippen LogP contribution in [0.2, 0.25) is 0 Å². The van der Waals surface area contributed by atoms with Gasteiger partial charge in [-0.05, 0) is 30.7 Å². The Hall–Kier alpha value is -1.79. The lowest BCUT2D eigenvalue weighted by Crippen LogP contribution is -2.16. The van der Waals surface area contributed by atoms with E-state index in [1.165, 1.54) is 16.9 Å². The van der Waals surface area contributed by atoms with Crippen molar-refractivity contribution < 1.29 is 9.47 Å². The number of nitrogen functional groups attached to an aromatic ring is 1. The largest absolute Gasteiger partial charge is 0.493 e. The molecule has 2 rings (SSSR count). The number of nitrogens with one attached hydrogen (secondary N) is 1. The van der Waals surface area contributed by atoms with Crippen LogP contribution in [0.15, 0.2) is 24.4 Å². The van der Waals surface area contributed by atoms with Crippen LogP contribution in [0.1, 0.15) is 10.4 Å². The highest BCUT2D eigenvalue weighted by Gasteiger charge is 2.04. The Labute approximate surface area is 122 Å². The third-order valence-electron chi connectivity index (χ3n) is 2.91. The monoisotopic (exact) mass is 293 g/mol. The summed E-state index contributed by atoms with van der Waals surface area (Å²) in [6.45, 7) is 1.68. The van der Waals surface area contributed by atoms with Gasteiger partial charge in [-0.15, -0.1) is 11.3 Å². The van der Waals surface area contributed by atoms with Crippen molar-refractivity contribution in [2.45, 2.75) is 13.0 Å². The predicted molar refractivity (Wildman–Crippen MR) is 81.5 cm³/mol. The zero-order chi connectivity index (χ0) is 14.4. The third kappa shape index (κ3) is 3.85. The third-order valence-corrected chi connectivity index (χ3v) is 3.74. The lowest BCUT2D eigenvalue weighted by Gasteiger charge is -2.09. The minimum atomic E-state index is 0.613. The summed E-state index contributed by atoms with van der Waals surface area (Å²) in [5.41, 5.74) is 6.79. The van der Waals surface area contributed by atoms with Crippen molar-refractivity contribution >= 4 is 16.5 Å². The molecule has 3 N–H and O–H groups in total. The highest BCUT2D eigenvalue weighted by molar-refractivity contribution is 7.15. The average molecular weight is 293 g/mol. The van der Waals surface area contributed by atoms with Crippen molar-refractivity contribution in [1.29, 1.82) is 0 Å². The molecular weight excluding hydrogens is 274 g/mol. The number of aromatic nitrogens is 1. The molecule has 0 bridgehead atoms. The summed E-state index contributed by atoms with van der Waals surface area (Å²) in [6.07, 6.45) is 2.73. The summed E-state index contributed by atoms with van der Waals surface area (Å²) in [7, 11) is 3.29. The number of anilines is 1. The Morgan fingerprint density at radius 1 is 1.25 bits per heavy atom. The number of methoxy groups -OCH3 is 2. The Balaban J connectivity index is 1.82. The molecule has 0 saturated carbocycles. The van der Waals surface area contributed by atoms with Crippen LogP contribution < -0.4 is 20.5 Å². The number of ether oxygens (including phenoxy) is 2. The van der Waals surface area contributed by atoms with E-state index in [2.05, 4.69) is 10.3 Å². The second kappa shape index (κ2) is 7.12. The molecule has 1 aromatic heterocycles. The molecular formula is C14H19N3O2S. The molecule has 0 amide bonds. The van der Waals surface area contributed by atoms with E-state index in [9.17, 15) is 0 Å². The smallest absolute Gasteiger partial charge is 0.180 e. The summed E-state index contributed by atoms with van der Waals surface area (Å²) >= 11 is 1.51. The molecule has 108 valence electrons. The highest BCUT2D eigenvalue weighted by atomic mass is 32.1. The second-order valence-corrected chi connectivity index (χ2v) is 5.43. The zero-order valence-corrected chi connectivity index (χ0v) is 12.5. The summed E-state index contributed by atoms with van der Waals surface area (Å²) in [6, 6.07) is 5.98. The highest BCUT2D eigenvalue weighted by Crippen LogP contribution is 2.27. The van der Waals surface area contributed by atoms with Crippen molar-refractivity contribution in [3.63, 3.8) is 0 Å². The fourth-order valence-corrected chi connectivity index (χ4v) is 2.54. The lowest BCUT2D eigenvalue weighted by molar-refractivity contribution is 0.354. The molecule has 0 atom stereocenters. The minimum Gasteiger partial charge on any atom is -0.493 e. The molecule has 0 spiro atoms. The first-order chi connectivity index (χ1) is 9.72. The number of nitrogens with zero attached hydrogens (tertiary/aromatic N) is 1. The first kappa shape index (κ1) is 14.6. The summed E-state index contributed by atoms with van der Waals surface area (Å²) in [5.74, 6) is 1.52. The number of nitrogens with two attached hydrogens (primary N) is 1. The molecule has 0 unspecified atom stereocenters. The van der Waals surface area contributed by atoms with Crippen LogP contribution in [0.5, 0.6) is 11.5 Å². The van der Waals surface area contributed by atoms with E-state index in [-0.39, 0.29) is 0 Å². The van der Waals surface area contributed by atoms with Crippen LogP contribution in [0.4, 0.5) is 5.13 Å². The molecule has 6 heteroatoms. The van der Waals surface area contributed by atoms with Gasteiger partial charge >= 0.3 is 0 Å². The first-order valence-corrected chi connectivity index (χ1v) is 7.16. The Bertz CT molecular complexity index is 557. The van der Waals surface area contributed by atoms with Gasteiger partial charge in [0.25, 0.3) is 0 Å². The number of thiazole rings is 1. The van der Waals surface area contributed by atoms with Gasteiger partial charge in [0.15, 0.2) is 16.6 Å². The minimum absolute atomic E-state index is 0.613. The van der Waals surface area contributed by atoms with Crippen LogP contribution >= 0.6 is 11.3 Å². The van der Waals surface area contributed by atoms with Crippen molar-refractivity contribution in [1.82, 2.24) is 10.3 Å². The number of hydrogen-bond donors (Lipinski definition) is 2. The van der Waals surface area contributed by atoms with Crippen molar-refractivity contribution in [2.75, 3.05) is 26.5 Å². The van der Waals surface area contributed by atoms with Gasteiger partial charge in [0.2, 0.25) is 0 Å². The fraction of sp³-hybridized carbons (Fsp3) is 0.357. The summed E-state index contributed by atoms with van der Waals surface area (Å²) < 4.78 is 10.5. The molecule has 0 aliphatic carbocycles. The van der Waals surface area contributed by atoms with E-state index in [1.54, 1.807) is 14.2 Å². The van der Waals surface area contributed by atoms with Gasteiger partial charge in [-0.25, -0.2) is 4.98 Å². The van der Waals surface area contributed by atoms with Gasteiger partial charge in [0, 0.05) is 17.6 Å². The first-order valence-electron chi connectivity index (χ1n) is 6.34. The van der Waals surface area contributed by atoms with E-state index < -0.39 is 0 Å². The fourth-order valence-electron chi connectivity index (χ4n) is 1.88. The maximum Gasteiger partial charge on any atom is 0.180 e. The molecule has 1 heterocycles. The van der Waals surface area contributed by atoms with E-state index in [0.29, 0.717) is 5.13 Å². The SMILES string of the molecule is COc1ccc(CCNCc2cnc(N)s2)cc1OC. The maximum absolute atomic E-state index is 5.59. The lowest BCUT2D eigenvalue weighted by atomic mass is 10.1. The Morgan fingerprint density at radius 3 is 2.70 bits per heavy atom. The standard InChI is InChI=1S/C14H19N3O2S/c1-18-12-4-3-10(7-13(12)19-2)5-6-16-8-11-9-17-14(15)20-11/h3-4,7,9,16H,5-6,8H2,1-2H3,(H2,15,17). The summed E-state index contributed by atoms with van der Waals surface area (Å²) in [4.78, 5) is 5.17. The van der Waals surface area contributed by atoms with Crippen molar-refractivity contribution in [3.05, 3.63) is 34.8 Å². The molecule has 0 aliphatic rings. The van der Waals surface area contributed by atoms with Crippen molar-refractivity contribution in [3.8, 4) is 11.5 Å². The van der Waals surface area contributed by atoms with Crippen molar-refractivity contribution in [2.24, 2.45) is 0 Å². The maximum atomic E-state index is 5.59. The van der Waals surface area contributed by atoms with Gasteiger partial charge in [0.05, 0.1) is 14.2 Å². The molecule has 5 nitrogen and oxygen atoms in total. The Kier molecular flexibility index (Phi) is 5.20. The van der Waals surface area contributed by atoms with Crippen LogP contribution in [0.25, 0.3) is 0 Å². The Morgan fingerprint density at radius 2 is 2.05 bits per heavy atom. The molecule has 0 aliphatic heterocycles.